The maximum absolute atomic E-state index is 13.7. The third-order valence-electron chi connectivity index (χ3n) is 2.78. The fourth-order valence-corrected chi connectivity index (χ4v) is 1.85. The van der Waals surface area contributed by atoms with E-state index in [2.05, 4.69) is 17.2 Å². The number of rotatable bonds is 6. The predicted octanol–water partition coefficient (Wildman–Crippen LogP) is 2.57. The van der Waals surface area contributed by atoms with Crippen LogP contribution in [0.15, 0.2) is 36.9 Å². The van der Waals surface area contributed by atoms with Crippen LogP contribution in [0.3, 0.4) is 0 Å². The van der Waals surface area contributed by atoms with Gasteiger partial charge in [-0.05, 0) is 30.7 Å². The molecule has 18 heavy (non-hydrogen) atoms. The molecule has 0 radical (unpaired) electrons. The molecule has 0 unspecified atom stereocenters. The molecule has 2 aromatic rings. The number of halogens is 1. The maximum Gasteiger partial charge on any atom is 0.128 e. The second-order valence-electron chi connectivity index (χ2n) is 4.34. The van der Waals surface area contributed by atoms with E-state index in [1.807, 2.05) is 22.9 Å². The summed E-state index contributed by atoms with van der Waals surface area (Å²) in [6.07, 6.45) is 6.33. The molecule has 1 aromatic heterocycles. The lowest BCUT2D eigenvalue weighted by Gasteiger charge is -2.08. The minimum Gasteiger partial charge on any atom is -0.333 e. The number of nitrogens with one attached hydrogen (secondary N) is 1. The van der Waals surface area contributed by atoms with Gasteiger partial charge in [0.05, 0.1) is 12.9 Å². The van der Waals surface area contributed by atoms with Crippen LogP contribution in [-0.4, -0.2) is 16.1 Å². The van der Waals surface area contributed by atoms with E-state index < -0.39 is 0 Å². The Kier molecular flexibility index (Phi) is 4.47. The van der Waals surface area contributed by atoms with Gasteiger partial charge in [-0.1, -0.05) is 13.0 Å². The predicted molar refractivity (Wildman–Crippen MR) is 69.7 cm³/mol. The molecule has 0 aliphatic rings. The first kappa shape index (κ1) is 12.8. The lowest BCUT2D eigenvalue weighted by atomic mass is 10.1. The van der Waals surface area contributed by atoms with E-state index in [4.69, 9.17) is 0 Å². The van der Waals surface area contributed by atoms with E-state index in [9.17, 15) is 4.39 Å². The first-order valence-electron chi connectivity index (χ1n) is 6.23. The molecule has 0 saturated heterocycles. The van der Waals surface area contributed by atoms with Crippen LogP contribution >= 0.6 is 0 Å². The fourth-order valence-electron chi connectivity index (χ4n) is 1.85. The van der Waals surface area contributed by atoms with Crippen LogP contribution in [0.5, 0.6) is 0 Å². The molecule has 0 spiro atoms. The molecule has 0 aliphatic carbocycles. The molecule has 1 N–H and O–H groups in total. The van der Waals surface area contributed by atoms with Gasteiger partial charge < -0.3 is 9.88 Å². The topological polar surface area (TPSA) is 29.9 Å². The third-order valence-corrected chi connectivity index (χ3v) is 2.78. The van der Waals surface area contributed by atoms with Crippen molar-refractivity contribution in [3.8, 4) is 0 Å². The highest BCUT2D eigenvalue weighted by atomic mass is 19.1. The van der Waals surface area contributed by atoms with Crippen molar-refractivity contribution in [2.45, 2.75) is 26.4 Å². The molecule has 0 saturated carbocycles. The summed E-state index contributed by atoms with van der Waals surface area (Å²) in [5.41, 5.74) is 1.81. The second-order valence-corrected chi connectivity index (χ2v) is 4.34. The van der Waals surface area contributed by atoms with Crippen molar-refractivity contribution < 1.29 is 4.39 Å². The smallest absolute Gasteiger partial charge is 0.128 e. The van der Waals surface area contributed by atoms with Crippen molar-refractivity contribution >= 4 is 0 Å². The summed E-state index contributed by atoms with van der Waals surface area (Å²) in [6, 6.07) is 5.28. The van der Waals surface area contributed by atoms with Crippen molar-refractivity contribution in [3.05, 3.63) is 53.9 Å². The standard InChI is InChI=1S/C14H18FN3/c1-2-5-16-9-12-3-4-14(15)13(8-12)10-18-7-6-17-11-18/h3-4,6-8,11,16H,2,5,9-10H2,1H3. The summed E-state index contributed by atoms with van der Waals surface area (Å²) in [5, 5.41) is 3.32. The van der Waals surface area contributed by atoms with Crippen molar-refractivity contribution in [1.29, 1.82) is 0 Å². The quantitative estimate of drug-likeness (QED) is 0.795. The first-order chi connectivity index (χ1) is 8.79. The number of nitrogens with zero attached hydrogens (tertiary/aromatic N) is 2. The zero-order valence-corrected chi connectivity index (χ0v) is 10.6. The Balaban J connectivity index is 2.06. The van der Waals surface area contributed by atoms with Crippen LogP contribution < -0.4 is 5.32 Å². The molecule has 96 valence electrons. The number of imidazole rings is 1. The molecule has 2 rings (SSSR count). The van der Waals surface area contributed by atoms with Gasteiger partial charge in [0.2, 0.25) is 0 Å². The van der Waals surface area contributed by atoms with Gasteiger partial charge >= 0.3 is 0 Å². The minimum absolute atomic E-state index is 0.164. The van der Waals surface area contributed by atoms with Crippen molar-refractivity contribution in [2.75, 3.05) is 6.54 Å². The Labute approximate surface area is 107 Å². The van der Waals surface area contributed by atoms with Crippen LogP contribution in [0.4, 0.5) is 4.39 Å². The molecule has 0 bridgehead atoms. The number of aromatic nitrogens is 2. The minimum atomic E-state index is -0.164. The van der Waals surface area contributed by atoms with E-state index in [1.54, 1.807) is 12.5 Å². The SMILES string of the molecule is CCCNCc1ccc(F)c(Cn2ccnc2)c1. The lowest BCUT2D eigenvalue weighted by molar-refractivity contribution is 0.596. The average molecular weight is 247 g/mol. The first-order valence-corrected chi connectivity index (χ1v) is 6.23. The van der Waals surface area contributed by atoms with Gasteiger partial charge in [-0.2, -0.15) is 0 Å². The van der Waals surface area contributed by atoms with E-state index >= 15 is 0 Å². The van der Waals surface area contributed by atoms with Crippen molar-refractivity contribution in [1.82, 2.24) is 14.9 Å². The highest BCUT2D eigenvalue weighted by molar-refractivity contribution is 5.25. The number of benzene rings is 1. The van der Waals surface area contributed by atoms with Crippen molar-refractivity contribution in [2.24, 2.45) is 0 Å². The molecule has 0 atom stereocenters. The van der Waals surface area contributed by atoms with Gasteiger partial charge in [0.1, 0.15) is 5.82 Å². The molecule has 0 aliphatic heterocycles. The van der Waals surface area contributed by atoms with Gasteiger partial charge in [0.15, 0.2) is 0 Å². The Bertz CT molecular complexity index is 480. The number of hydrogen-bond donors (Lipinski definition) is 1. The van der Waals surface area contributed by atoms with E-state index in [-0.39, 0.29) is 5.82 Å². The summed E-state index contributed by atoms with van der Waals surface area (Å²) in [7, 11) is 0. The monoisotopic (exact) mass is 247 g/mol. The Morgan fingerprint density at radius 1 is 1.39 bits per heavy atom. The van der Waals surface area contributed by atoms with E-state index in [0.29, 0.717) is 12.1 Å². The van der Waals surface area contributed by atoms with Crippen LogP contribution in [0.1, 0.15) is 24.5 Å². The van der Waals surface area contributed by atoms with Crippen LogP contribution in [0, 0.1) is 5.82 Å². The largest absolute Gasteiger partial charge is 0.333 e. The highest BCUT2D eigenvalue weighted by Gasteiger charge is 2.04. The van der Waals surface area contributed by atoms with E-state index in [1.165, 1.54) is 6.07 Å². The van der Waals surface area contributed by atoms with Crippen molar-refractivity contribution in [3.63, 3.8) is 0 Å². The fraction of sp³-hybridized carbons (Fsp3) is 0.357. The normalized spacial score (nSPS) is 10.8. The number of hydrogen-bond acceptors (Lipinski definition) is 2. The third kappa shape index (κ3) is 3.40. The summed E-state index contributed by atoms with van der Waals surface area (Å²) < 4.78 is 15.6. The van der Waals surface area contributed by atoms with Gasteiger partial charge in [0, 0.05) is 24.5 Å². The van der Waals surface area contributed by atoms with Crippen LogP contribution in [0.25, 0.3) is 0 Å². The molecule has 3 nitrogen and oxygen atoms in total. The molecule has 1 heterocycles. The molecular weight excluding hydrogens is 229 g/mol. The van der Waals surface area contributed by atoms with E-state index in [0.717, 1.165) is 25.1 Å². The molecule has 4 heteroatoms. The summed E-state index contributed by atoms with van der Waals surface area (Å²) in [4.78, 5) is 3.96. The Hall–Kier alpha value is -1.68. The lowest BCUT2D eigenvalue weighted by Crippen LogP contribution is -2.14. The summed E-state index contributed by atoms with van der Waals surface area (Å²) in [5.74, 6) is -0.164. The van der Waals surface area contributed by atoms with Crippen LogP contribution in [-0.2, 0) is 13.1 Å². The Morgan fingerprint density at radius 2 is 2.28 bits per heavy atom. The second kappa shape index (κ2) is 6.31. The molecule has 1 aromatic carbocycles. The molecule has 0 amide bonds. The molecular formula is C14H18FN3. The van der Waals surface area contributed by atoms with Gasteiger partial charge in [-0.15, -0.1) is 0 Å². The highest BCUT2D eigenvalue weighted by Crippen LogP contribution is 2.12. The summed E-state index contributed by atoms with van der Waals surface area (Å²) in [6.45, 7) is 4.41. The van der Waals surface area contributed by atoms with Gasteiger partial charge in [0.25, 0.3) is 0 Å². The average Bonchev–Trinajstić information content (AvgIpc) is 2.86. The zero-order chi connectivity index (χ0) is 12.8. The van der Waals surface area contributed by atoms with Gasteiger partial charge in [-0.3, -0.25) is 0 Å². The molecule has 0 fully saturated rings. The summed E-state index contributed by atoms with van der Waals surface area (Å²) >= 11 is 0. The van der Waals surface area contributed by atoms with Gasteiger partial charge in [-0.25, -0.2) is 9.37 Å². The zero-order valence-electron chi connectivity index (χ0n) is 10.6. The maximum atomic E-state index is 13.7. The van der Waals surface area contributed by atoms with Crippen LogP contribution in [0.2, 0.25) is 0 Å². The Morgan fingerprint density at radius 3 is 3.00 bits per heavy atom.